The van der Waals surface area contributed by atoms with Gasteiger partial charge in [0.05, 0.1) is 24.8 Å². The predicted molar refractivity (Wildman–Crippen MR) is 72.6 cm³/mol. The van der Waals surface area contributed by atoms with Crippen LogP contribution in [0.2, 0.25) is 0 Å². The Kier molecular flexibility index (Phi) is 4.42. The summed E-state index contributed by atoms with van der Waals surface area (Å²) in [6, 6.07) is 1.49. The van der Waals surface area contributed by atoms with Crippen LogP contribution in [0.3, 0.4) is 0 Å². The van der Waals surface area contributed by atoms with Crippen LogP contribution < -0.4 is 4.90 Å². The van der Waals surface area contributed by atoms with E-state index < -0.39 is 18.0 Å². The molecule has 1 aromatic heterocycles. The minimum absolute atomic E-state index is 0.326. The number of carboxylic acids is 1. The zero-order valence-electron chi connectivity index (χ0n) is 10.7. The average Bonchev–Trinajstić information content (AvgIpc) is 2.93. The Labute approximate surface area is 115 Å². The molecule has 0 aliphatic heterocycles. The average molecular weight is 283 g/mol. The van der Waals surface area contributed by atoms with Gasteiger partial charge in [-0.1, -0.05) is 12.8 Å². The normalized spacial score (nSPS) is 22.8. The number of carboxylic acid groups (broad SMARTS) is 1. The van der Waals surface area contributed by atoms with Crippen molar-refractivity contribution in [3.63, 3.8) is 0 Å². The van der Waals surface area contributed by atoms with E-state index >= 15 is 0 Å². The summed E-state index contributed by atoms with van der Waals surface area (Å²) < 4.78 is 4.82. The molecule has 6 heteroatoms. The minimum atomic E-state index is -0.839. The maximum atomic E-state index is 12.0. The van der Waals surface area contributed by atoms with Crippen molar-refractivity contribution in [1.29, 1.82) is 0 Å². The highest BCUT2D eigenvalue weighted by Crippen LogP contribution is 2.33. The molecule has 1 amide bonds. The summed E-state index contributed by atoms with van der Waals surface area (Å²) in [5, 5.41) is 13.0. The lowest BCUT2D eigenvalue weighted by Gasteiger charge is -2.36. The Morgan fingerprint density at radius 1 is 1.42 bits per heavy atom. The molecule has 0 saturated heterocycles. The number of hydrogen-bond acceptors (Lipinski definition) is 4. The van der Waals surface area contributed by atoms with Gasteiger partial charge in [0.15, 0.2) is 0 Å². The molecule has 1 heterocycles. The van der Waals surface area contributed by atoms with Crippen molar-refractivity contribution in [2.24, 2.45) is 5.92 Å². The number of rotatable bonds is 3. The molecule has 0 unspecified atom stereocenters. The van der Waals surface area contributed by atoms with Gasteiger partial charge in [-0.2, -0.15) is 11.3 Å². The zero-order valence-corrected chi connectivity index (χ0v) is 11.6. The summed E-state index contributed by atoms with van der Waals surface area (Å²) >= 11 is 1.47. The number of methoxy groups -OCH3 is 1. The largest absolute Gasteiger partial charge is 0.481 e. The Balaban J connectivity index is 2.31. The molecular weight excluding hydrogens is 266 g/mol. The lowest BCUT2D eigenvalue weighted by Crippen LogP contribution is -2.48. The van der Waals surface area contributed by atoms with Crippen LogP contribution in [0.5, 0.6) is 0 Å². The van der Waals surface area contributed by atoms with Gasteiger partial charge in [0, 0.05) is 5.38 Å². The number of nitrogens with zero attached hydrogens (tertiary/aromatic N) is 1. The summed E-state index contributed by atoms with van der Waals surface area (Å²) in [5.74, 6) is -1.36. The molecule has 19 heavy (non-hydrogen) atoms. The Morgan fingerprint density at radius 3 is 2.74 bits per heavy atom. The van der Waals surface area contributed by atoms with E-state index in [1.165, 1.54) is 23.3 Å². The van der Waals surface area contributed by atoms with Crippen LogP contribution >= 0.6 is 11.3 Å². The molecule has 1 aromatic rings. The van der Waals surface area contributed by atoms with Gasteiger partial charge in [0.25, 0.3) is 0 Å². The van der Waals surface area contributed by atoms with E-state index in [2.05, 4.69) is 0 Å². The Hall–Kier alpha value is -1.56. The van der Waals surface area contributed by atoms with Crippen LogP contribution in [0, 0.1) is 5.92 Å². The summed E-state index contributed by atoms with van der Waals surface area (Å²) in [5.41, 5.74) is 0.718. The highest BCUT2D eigenvalue weighted by molar-refractivity contribution is 7.08. The molecule has 1 saturated carbocycles. The first kappa shape index (κ1) is 13.9. The van der Waals surface area contributed by atoms with Crippen LogP contribution in [0.4, 0.5) is 10.5 Å². The first-order chi connectivity index (χ1) is 9.15. The smallest absolute Gasteiger partial charge is 0.414 e. The fraction of sp³-hybridized carbons (Fsp3) is 0.538. The highest BCUT2D eigenvalue weighted by Gasteiger charge is 2.38. The molecule has 1 N–H and O–H groups in total. The van der Waals surface area contributed by atoms with E-state index in [0.717, 1.165) is 18.5 Å². The maximum Gasteiger partial charge on any atom is 0.414 e. The second-order valence-electron chi connectivity index (χ2n) is 4.62. The number of amides is 1. The molecule has 1 aliphatic carbocycles. The van der Waals surface area contributed by atoms with Crippen molar-refractivity contribution in [1.82, 2.24) is 0 Å². The number of thiophene rings is 1. The summed E-state index contributed by atoms with van der Waals surface area (Å²) in [6.07, 6.45) is 2.65. The van der Waals surface area contributed by atoms with Gasteiger partial charge in [0.2, 0.25) is 0 Å². The number of carbonyl (C=O) groups is 2. The van der Waals surface area contributed by atoms with E-state index in [-0.39, 0.29) is 6.04 Å². The van der Waals surface area contributed by atoms with Crippen molar-refractivity contribution >= 4 is 29.1 Å². The van der Waals surface area contributed by atoms with Crippen LogP contribution in [0.1, 0.15) is 25.7 Å². The zero-order chi connectivity index (χ0) is 13.8. The van der Waals surface area contributed by atoms with E-state index in [9.17, 15) is 14.7 Å². The molecule has 1 fully saturated rings. The van der Waals surface area contributed by atoms with Gasteiger partial charge in [-0.15, -0.1) is 0 Å². The molecule has 0 radical (unpaired) electrons. The van der Waals surface area contributed by atoms with Crippen molar-refractivity contribution < 1.29 is 19.4 Å². The summed E-state index contributed by atoms with van der Waals surface area (Å²) in [7, 11) is 1.32. The molecule has 104 valence electrons. The predicted octanol–water partition coefficient (Wildman–Crippen LogP) is 2.96. The third kappa shape index (κ3) is 2.89. The number of anilines is 1. The van der Waals surface area contributed by atoms with Crippen LogP contribution in [0.15, 0.2) is 16.8 Å². The third-order valence-electron chi connectivity index (χ3n) is 3.53. The Bertz CT molecular complexity index is 446. The fourth-order valence-electron chi connectivity index (χ4n) is 2.63. The van der Waals surface area contributed by atoms with Gasteiger partial charge in [0.1, 0.15) is 0 Å². The number of ether oxygens (including phenoxy) is 1. The molecular formula is C13H17NO4S. The number of aliphatic carboxylic acids is 1. The van der Waals surface area contributed by atoms with Gasteiger partial charge >= 0.3 is 12.1 Å². The molecule has 2 atom stereocenters. The summed E-state index contributed by atoms with van der Waals surface area (Å²) in [4.78, 5) is 24.9. The monoisotopic (exact) mass is 283 g/mol. The van der Waals surface area contributed by atoms with Gasteiger partial charge in [-0.3, -0.25) is 9.69 Å². The van der Waals surface area contributed by atoms with Crippen LogP contribution in [-0.4, -0.2) is 30.3 Å². The second kappa shape index (κ2) is 6.06. The quantitative estimate of drug-likeness (QED) is 0.926. The van der Waals surface area contributed by atoms with Crippen molar-refractivity contribution in [2.75, 3.05) is 12.0 Å². The summed E-state index contributed by atoms with van der Waals surface area (Å²) in [6.45, 7) is 0. The lowest BCUT2D eigenvalue weighted by atomic mass is 9.83. The third-order valence-corrected chi connectivity index (χ3v) is 4.20. The van der Waals surface area contributed by atoms with E-state index in [4.69, 9.17) is 4.74 Å². The first-order valence-corrected chi connectivity index (χ1v) is 7.21. The van der Waals surface area contributed by atoms with E-state index in [0.29, 0.717) is 12.8 Å². The van der Waals surface area contributed by atoms with Crippen molar-refractivity contribution in [3.8, 4) is 0 Å². The van der Waals surface area contributed by atoms with Crippen LogP contribution in [0.25, 0.3) is 0 Å². The molecule has 2 rings (SSSR count). The standard InChI is InChI=1S/C13H17NO4S/c1-18-13(17)14(9-6-7-19-8-9)11-5-3-2-4-10(11)12(15)16/h6-8,10-11H,2-5H2,1H3,(H,15,16)/t10-,11+/m1/s1. The van der Waals surface area contributed by atoms with Gasteiger partial charge in [-0.25, -0.2) is 4.79 Å². The van der Waals surface area contributed by atoms with E-state index in [1.807, 2.05) is 16.8 Å². The molecule has 0 bridgehead atoms. The number of carbonyl (C=O) groups excluding carboxylic acids is 1. The lowest BCUT2D eigenvalue weighted by molar-refractivity contribution is -0.143. The van der Waals surface area contributed by atoms with Crippen molar-refractivity contribution in [3.05, 3.63) is 16.8 Å². The molecule has 0 aromatic carbocycles. The first-order valence-electron chi connectivity index (χ1n) is 6.27. The maximum absolute atomic E-state index is 12.0. The minimum Gasteiger partial charge on any atom is -0.481 e. The molecule has 1 aliphatic rings. The van der Waals surface area contributed by atoms with Crippen LogP contribution in [-0.2, 0) is 9.53 Å². The molecule has 0 spiro atoms. The number of hydrogen-bond donors (Lipinski definition) is 1. The van der Waals surface area contributed by atoms with Gasteiger partial charge in [-0.05, 0) is 24.3 Å². The SMILES string of the molecule is COC(=O)N(c1ccsc1)[C@H]1CCCC[C@H]1C(=O)O. The van der Waals surface area contributed by atoms with Gasteiger partial charge < -0.3 is 9.84 Å². The van der Waals surface area contributed by atoms with Crippen molar-refractivity contribution in [2.45, 2.75) is 31.7 Å². The highest BCUT2D eigenvalue weighted by atomic mass is 32.1. The Morgan fingerprint density at radius 2 is 2.16 bits per heavy atom. The topological polar surface area (TPSA) is 66.8 Å². The second-order valence-corrected chi connectivity index (χ2v) is 5.40. The fourth-order valence-corrected chi connectivity index (χ4v) is 3.26. The van der Waals surface area contributed by atoms with E-state index in [1.54, 1.807) is 0 Å². The molecule has 5 nitrogen and oxygen atoms in total.